The van der Waals surface area contributed by atoms with Gasteiger partial charge in [0.1, 0.15) is 0 Å². The van der Waals surface area contributed by atoms with E-state index in [1.165, 1.54) is 4.90 Å². The van der Waals surface area contributed by atoms with E-state index in [1.54, 1.807) is 30.0 Å². The molecular formula is C13H14BrNO3S. The van der Waals surface area contributed by atoms with E-state index in [0.29, 0.717) is 23.4 Å². The first-order valence-corrected chi connectivity index (χ1v) is 7.94. The lowest BCUT2D eigenvalue weighted by Gasteiger charge is -2.12. The molecule has 1 aromatic carbocycles. The van der Waals surface area contributed by atoms with E-state index in [-0.39, 0.29) is 18.4 Å². The van der Waals surface area contributed by atoms with Crippen molar-refractivity contribution in [3.8, 4) is 0 Å². The third kappa shape index (κ3) is 3.19. The number of carbonyl (C=O) groups excluding carboxylic acids is 2. The van der Waals surface area contributed by atoms with E-state index in [9.17, 15) is 9.59 Å². The molecule has 1 aliphatic heterocycles. The summed E-state index contributed by atoms with van der Waals surface area (Å²) in [5, 5.41) is 8.67. The predicted octanol–water partition coefficient (Wildman–Crippen LogP) is 2.16. The molecular weight excluding hydrogens is 330 g/mol. The highest BCUT2D eigenvalue weighted by atomic mass is 79.9. The first-order valence-electron chi connectivity index (χ1n) is 5.99. The SMILES string of the molecule is O=C1c2ccc(Br)cc2C(=O)N1CCSCCCO. The Morgan fingerprint density at radius 3 is 2.63 bits per heavy atom. The minimum absolute atomic E-state index is 0.175. The summed E-state index contributed by atoms with van der Waals surface area (Å²) < 4.78 is 0.798. The Morgan fingerprint density at radius 1 is 1.16 bits per heavy atom. The van der Waals surface area contributed by atoms with Gasteiger partial charge in [-0.1, -0.05) is 15.9 Å². The number of hydrogen-bond donors (Lipinski definition) is 1. The summed E-state index contributed by atoms with van der Waals surface area (Å²) >= 11 is 4.94. The molecule has 0 aliphatic carbocycles. The van der Waals surface area contributed by atoms with Crippen LogP contribution in [0.5, 0.6) is 0 Å². The zero-order valence-corrected chi connectivity index (χ0v) is 12.7. The third-order valence-electron chi connectivity index (χ3n) is 2.84. The summed E-state index contributed by atoms with van der Waals surface area (Å²) in [6, 6.07) is 5.14. The van der Waals surface area contributed by atoms with E-state index in [1.807, 2.05) is 0 Å². The number of rotatable bonds is 6. The van der Waals surface area contributed by atoms with E-state index in [4.69, 9.17) is 5.11 Å². The van der Waals surface area contributed by atoms with Gasteiger partial charge >= 0.3 is 0 Å². The third-order valence-corrected chi connectivity index (χ3v) is 4.38. The van der Waals surface area contributed by atoms with Crippen molar-refractivity contribution in [3.63, 3.8) is 0 Å². The van der Waals surface area contributed by atoms with Crippen LogP contribution in [0.3, 0.4) is 0 Å². The highest BCUT2D eigenvalue weighted by molar-refractivity contribution is 9.10. The number of nitrogens with zero attached hydrogens (tertiary/aromatic N) is 1. The largest absolute Gasteiger partial charge is 0.396 e. The molecule has 0 saturated heterocycles. The summed E-state index contributed by atoms with van der Waals surface area (Å²) in [6.07, 6.45) is 0.736. The van der Waals surface area contributed by atoms with Crippen LogP contribution < -0.4 is 0 Å². The standard InChI is InChI=1S/C13H14BrNO3S/c14-9-2-3-10-11(8-9)13(18)15(12(10)17)4-7-19-6-1-5-16/h2-3,8,16H,1,4-7H2. The lowest BCUT2D eigenvalue weighted by molar-refractivity contribution is 0.0664. The van der Waals surface area contributed by atoms with Gasteiger partial charge in [0.15, 0.2) is 0 Å². The number of hydrogen-bond acceptors (Lipinski definition) is 4. The fraction of sp³-hybridized carbons (Fsp3) is 0.385. The van der Waals surface area contributed by atoms with Crippen LogP contribution >= 0.6 is 27.7 Å². The van der Waals surface area contributed by atoms with Gasteiger partial charge in [-0.05, 0) is 30.4 Å². The molecule has 2 rings (SSSR count). The molecule has 6 heteroatoms. The molecule has 0 bridgehead atoms. The molecule has 1 N–H and O–H groups in total. The van der Waals surface area contributed by atoms with Gasteiger partial charge in [-0.2, -0.15) is 11.8 Å². The Morgan fingerprint density at radius 2 is 1.89 bits per heavy atom. The molecule has 0 spiro atoms. The topological polar surface area (TPSA) is 57.6 Å². The summed E-state index contributed by atoms with van der Waals surface area (Å²) in [7, 11) is 0. The Kier molecular flexibility index (Phi) is 5.01. The number of imide groups is 1. The van der Waals surface area contributed by atoms with Crippen LogP contribution in [0.1, 0.15) is 27.1 Å². The maximum Gasteiger partial charge on any atom is 0.261 e. The lowest BCUT2D eigenvalue weighted by atomic mass is 10.1. The van der Waals surface area contributed by atoms with Crippen molar-refractivity contribution in [1.29, 1.82) is 0 Å². The minimum atomic E-state index is -0.218. The van der Waals surface area contributed by atoms with Crippen molar-refractivity contribution < 1.29 is 14.7 Å². The Labute approximate surface area is 124 Å². The molecule has 1 heterocycles. The maximum absolute atomic E-state index is 12.1. The van der Waals surface area contributed by atoms with E-state index in [0.717, 1.165) is 16.6 Å². The van der Waals surface area contributed by atoms with Crippen LogP contribution in [0.15, 0.2) is 22.7 Å². The maximum atomic E-state index is 12.1. The lowest BCUT2D eigenvalue weighted by Crippen LogP contribution is -2.31. The summed E-state index contributed by atoms with van der Waals surface area (Å²) in [4.78, 5) is 25.5. The molecule has 0 unspecified atom stereocenters. The Hall–Kier alpha value is -0.850. The summed E-state index contributed by atoms with van der Waals surface area (Å²) in [6.45, 7) is 0.591. The molecule has 0 aromatic heterocycles. The van der Waals surface area contributed by atoms with Crippen LogP contribution in [0.2, 0.25) is 0 Å². The van der Waals surface area contributed by atoms with E-state index >= 15 is 0 Å². The van der Waals surface area contributed by atoms with Gasteiger partial charge < -0.3 is 5.11 Å². The average molecular weight is 344 g/mol. The monoisotopic (exact) mass is 343 g/mol. The second kappa shape index (κ2) is 6.54. The van der Waals surface area contributed by atoms with Crippen LogP contribution in [-0.4, -0.2) is 46.5 Å². The van der Waals surface area contributed by atoms with Crippen molar-refractivity contribution >= 4 is 39.5 Å². The van der Waals surface area contributed by atoms with Gasteiger partial charge in [-0.25, -0.2) is 0 Å². The summed E-state index contributed by atoms with van der Waals surface area (Å²) in [5.41, 5.74) is 0.952. The number of aliphatic hydroxyl groups excluding tert-OH is 1. The van der Waals surface area contributed by atoms with Crippen molar-refractivity contribution in [2.24, 2.45) is 0 Å². The highest BCUT2D eigenvalue weighted by Gasteiger charge is 2.34. The fourth-order valence-electron chi connectivity index (χ4n) is 1.89. The molecule has 0 fully saturated rings. The highest BCUT2D eigenvalue weighted by Crippen LogP contribution is 2.26. The van der Waals surface area contributed by atoms with Crippen molar-refractivity contribution in [2.45, 2.75) is 6.42 Å². The zero-order chi connectivity index (χ0) is 13.8. The Bertz CT molecular complexity index is 507. The van der Waals surface area contributed by atoms with Crippen LogP contribution in [-0.2, 0) is 0 Å². The van der Waals surface area contributed by atoms with Crippen molar-refractivity contribution in [3.05, 3.63) is 33.8 Å². The molecule has 102 valence electrons. The quantitative estimate of drug-likeness (QED) is 0.635. The number of benzene rings is 1. The predicted molar refractivity (Wildman–Crippen MR) is 78.5 cm³/mol. The molecule has 1 aromatic rings. The molecule has 0 radical (unpaired) electrons. The fourth-order valence-corrected chi connectivity index (χ4v) is 3.10. The number of carbonyl (C=O) groups is 2. The van der Waals surface area contributed by atoms with Crippen molar-refractivity contribution in [1.82, 2.24) is 4.90 Å². The van der Waals surface area contributed by atoms with Gasteiger partial charge in [0, 0.05) is 23.4 Å². The van der Waals surface area contributed by atoms with Crippen molar-refractivity contribution in [2.75, 3.05) is 24.7 Å². The number of fused-ring (bicyclic) bond motifs is 1. The van der Waals surface area contributed by atoms with Crippen LogP contribution in [0.4, 0.5) is 0 Å². The molecule has 0 saturated carbocycles. The first kappa shape index (κ1) is 14.6. The van der Waals surface area contributed by atoms with E-state index < -0.39 is 0 Å². The van der Waals surface area contributed by atoms with Gasteiger partial charge in [-0.3, -0.25) is 14.5 Å². The normalized spacial score (nSPS) is 14.1. The van der Waals surface area contributed by atoms with Gasteiger partial charge in [-0.15, -0.1) is 0 Å². The number of aliphatic hydroxyl groups is 1. The minimum Gasteiger partial charge on any atom is -0.396 e. The number of thioether (sulfide) groups is 1. The molecule has 2 amide bonds. The molecule has 4 nitrogen and oxygen atoms in total. The van der Waals surface area contributed by atoms with Crippen LogP contribution in [0.25, 0.3) is 0 Å². The number of halogens is 1. The zero-order valence-electron chi connectivity index (χ0n) is 10.3. The Balaban J connectivity index is 1.98. The molecule has 19 heavy (non-hydrogen) atoms. The number of amides is 2. The van der Waals surface area contributed by atoms with Gasteiger partial charge in [0.05, 0.1) is 11.1 Å². The van der Waals surface area contributed by atoms with Gasteiger partial charge in [0.25, 0.3) is 11.8 Å². The van der Waals surface area contributed by atoms with Crippen LogP contribution in [0, 0.1) is 0 Å². The second-order valence-electron chi connectivity index (χ2n) is 4.14. The summed E-state index contributed by atoms with van der Waals surface area (Å²) in [5.74, 6) is 1.11. The average Bonchev–Trinajstić information content (AvgIpc) is 2.63. The first-order chi connectivity index (χ1) is 9.15. The molecule has 1 aliphatic rings. The second-order valence-corrected chi connectivity index (χ2v) is 6.28. The van der Waals surface area contributed by atoms with Gasteiger partial charge in [0.2, 0.25) is 0 Å². The smallest absolute Gasteiger partial charge is 0.261 e. The van der Waals surface area contributed by atoms with E-state index in [2.05, 4.69) is 15.9 Å². The molecule has 0 atom stereocenters.